The van der Waals surface area contributed by atoms with Crippen LogP contribution >= 0.6 is 22.7 Å². The van der Waals surface area contributed by atoms with Crippen LogP contribution in [0, 0.1) is 6.92 Å². The summed E-state index contributed by atoms with van der Waals surface area (Å²) in [4.78, 5) is 36.7. The van der Waals surface area contributed by atoms with Gasteiger partial charge in [-0.1, -0.05) is 6.07 Å². The van der Waals surface area contributed by atoms with Crippen molar-refractivity contribution < 1.29 is 4.79 Å². The van der Waals surface area contributed by atoms with Crippen molar-refractivity contribution in [2.24, 2.45) is 0 Å². The van der Waals surface area contributed by atoms with Gasteiger partial charge in [0.25, 0.3) is 5.56 Å². The third-order valence-corrected chi connectivity index (χ3v) is 7.78. The maximum atomic E-state index is 13.1. The van der Waals surface area contributed by atoms with E-state index in [2.05, 4.69) is 40.1 Å². The lowest BCUT2D eigenvalue weighted by molar-refractivity contribution is -0.116. The fourth-order valence-corrected chi connectivity index (χ4v) is 5.90. The van der Waals surface area contributed by atoms with Gasteiger partial charge >= 0.3 is 0 Å². The average molecular weight is 480 g/mol. The van der Waals surface area contributed by atoms with Crippen molar-refractivity contribution in [2.45, 2.75) is 13.5 Å². The Hall–Kier alpha value is -3.01. The molecule has 4 heterocycles. The number of thiophene rings is 2. The lowest BCUT2D eigenvalue weighted by Gasteiger charge is -2.35. The first-order chi connectivity index (χ1) is 16.0. The molecular formula is C24H25N5O2S2. The van der Waals surface area contributed by atoms with E-state index in [1.54, 1.807) is 11.3 Å². The van der Waals surface area contributed by atoms with Gasteiger partial charge < -0.3 is 15.1 Å². The molecule has 1 aromatic carbocycles. The zero-order chi connectivity index (χ0) is 22.9. The summed E-state index contributed by atoms with van der Waals surface area (Å²) in [5.41, 5.74) is 3.74. The highest BCUT2D eigenvalue weighted by atomic mass is 32.1. The fraction of sp³-hybridized carbons (Fsp3) is 0.292. The molecule has 33 heavy (non-hydrogen) atoms. The number of aryl methyl sites for hydroxylation is 1. The predicted octanol–water partition coefficient (Wildman–Crippen LogP) is 3.89. The zero-order valence-corrected chi connectivity index (χ0v) is 20.2. The van der Waals surface area contributed by atoms with Gasteiger partial charge in [0.05, 0.1) is 11.7 Å². The fourth-order valence-electron chi connectivity index (χ4n) is 4.18. The number of hydrogen-bond acceptors (Lipinski definition) is 7. The second kappa shape index (κ2) is 9.09. The lowest BCUT2D eigenvalue weighted by Crippen LogP contribution is -2.44. The molecule has 1 aliphatic rings. The van der Waals surface area contributed by atoms with Crippen LogP contribution in [0.3, 0.4) is 0 Å². The number of anilines is 2. The number of nitrogens with zero attached hydrogens (tertiary/aromatic N) is 4. The number of hydrogen-bond donors (Lipinski definition) is 1. The molecule has 7 nitrogen and oxygen atoms in total. The number of amides is 1. The first kappa shape index (κ1) is 21.8. The van der Waals surface area contributed by atoms with Crippen LogP contribution in [0.2, 0.25) is 0 Å². The summed E-state index contributed by atoms with van der Waals surface area (Å²) in [6.45, 7) is 6.07. The van der Waals surface area contributed by atoms with Gasteiger partial charge in [0.1, 0.15) is 11.4 Å². The van der Waals surface area contributed by atoms with Crippen molar-refractivity contribution >= 4 is 50.2 Å². The number of fused-ring (bicyclic) bond motifs is 1. The lowest BCUT2D eigenvalue weighted by atomic mass is 10.1. The van der Waals surface area contributed by atoms with Crippen LogP contribution in [-0.4, -0.2) is 53.6 Å². The molecule has 1 amide bonds. The number of likely N-dealkylation sites (N-methyl/N-ethyl adjacent to an activating group) is 1. The standard InChI is InChI=1S/C24H25N5O2S2/c1-16-12-17(5-6-19(16)28-9-7-27(2)8-10-28)26-21(30)13-29-15-25-23-22(24(29)31)18(14-33-23)20-4-3-11-32-20/h3-6,11-12,14-15H,7-10,13H2,1-2H3,(H,26,30). The van der Waals surface area contributed by atoms with Crippen molar-refractivity contribution in [3.05, 3.63) is 63.3 Å². The van der Waals surface area contributed by atoms with Crippen LogP contribution < -0.4 is 15.8 Å². The number of nitrogens with one attached hydrogen (secondary N) is 1. The molecule has 0 saturated carbocycles. The minimum Gasteiger partial charge on any atom is -0.369 e. The van der Waals surface area contributed by atoms with Crippen LogP contribution in [0.15, 0.2) is 52.2 Å². The van der Waals surface area contributed by atoms with Crippen molar-refractivity contribution in [1.29, 1.82) is 0 Å². The molecule has 0 radical (unpaired) electrons. The molecule has 9 heteroatoms. The van der Waals surface area contributed by atoms with E-state index in [0.29, 0.717) is 10.2 Å². The van der Waals surface area contributed by atoms with E-state index in [-0.39, 0.29) is 18.0 Å². The van der Waals surface area contributed by atoms with Crippen molar-refractivity contribution in [3.63, 3.8) is 0 Å². The number of carbonyl (C=O) groups is 1. The van der Waals surface area contributed by atoms with Gasteiger partial charge in [-0.2, -0.15) is 0 Å². The Morgan fingerprint density at radius 1 is 1.15 bits per heavy atom. The maximum Gasteiger partial charge on any atom is 0.263 e. The van der Waals surface area contributed by atoms with E-state index in [0.717, 1.165) is 47.9 Å². The topological polar surface area (TPSA) is 70.5 Å². The van der Waals surface area contributed by atoms with Crippen molar-refractivity contribution in [1.82, 2.24) is 14.5 Å². The quantitative estimate of drug-likeness (QED) is 0.470. The third-order valence-electron chi connectivity index (χ3n) is 5.99. The Bertz CT molecular complexity index is 1350. The third kappa shape index (κ3) is 4.44. The van der Waals surface area contributed by atoms with Crippen LogP contribution in [0.25, 0.3) is 20.7 Å². The zero-order valence-electron chi connectivity index (χ0n) is 18.6. The summed E-state index contributed by atoms with van der Waals surface area (Å²) in [5.74, 6) is -0.252. The van der Waals surface area contributed by atoms with E-state index in [4.69, 9.17) is 0 Å². The molecule has 0 unspecified atom stereocenters. The molecule has 1 saturated heterocycles. The Balaban J connectivity index is 1.32. The molecule has 3 aromatic heterocycles. The second-order valence-electron chi connectivity index (χ2n) is 8.32. The normalized spacial score (nSPS) is 14.7. The smallest absolute Gasteiger partial charge is 0.263 e. The molecule has 0 bridgehead atoms. The van der Waals surface area contributed by atoms with Gasteiger partial charge in [-0.05, 0) is 49.2 Å². The molecule has 0 atom stereocenters. The van der Waals surface area contributed by atoms with Gasteiger partial charge in [-0.25, -0.2) is 4.98 Å². The summed E-state index contributed by atoms with van der Waals surface area (Å²) in [7, 11) is 2.14. The number of aromatic nitrogens is 2. The molecule has 170 valence electrons. The molecule has 5 rings (SSSR count). The Labute approximate surface area is 199 Å². The molecule has 1 aliphatic heterocycles. The number of benzene rings is 1. The monoisotopic (exact) mass is 479 g/mol. The van der Waals surface area contributed by atoms with E-state index in [1.165, 1.54) is 27.9 Å². The Morgan fingerprint density at radius 3 is 2.70 bits per heavy atom. The first-order valence-electron chi connectivity index (χ1n) is 10.8. The summed E-state index contributed by atoms with van der Waals surface area (Å²) in [5, 5.41) is 7.45. The van der Waals surface area contributed by atoms with Gasteiger partial charge in [0.15, 0.2) is 0 Å². The first-order valence-corrected chi connectivity index (χ1v) is 12.6. The SMILES string of the molecule is Cc1cc(NC(=O)Cn2cnc3scc(-c4cccs4)c3c2=O)ccc1N1CCN(C)CC1. The van der Waals surface area contributed by atoms with Crippen LogP contribution in [-0.2, 0) is 11.3 Å². The molecule has 0 spiro atoms. The average Bonchev–Trinajstić information content (AvgIpc) is 3.47. The number of rotatable bonds is 5. The van der Waals surface area contributed by atoms with E-state index >= 15 is 0 Å². The minimum atomic E-state index is -0.252. The highest BCUT2D eigenvalue weighted by Gasteiger charge is 2.17. The van der Waals surface area contributed by atoms with Gasteiger partial charge in [-0.15, -0.1) is 22.7 Å². The van der Waals surface area contributed by atoms with E-state index < -0.39 is 0 Å². The van der Waals surface area contributed by atoms with E-state index in [9.17, 15) is 9.59 Å². The maximum absolute atomic E-state index is 13.1. The molecule has 1 fully saturated rings. The van der Waals surface area contributed by atoms with Crippen LogP contribution in [0.1, 0.15) is 5.56 Å². The largest absolute Gasteiger partial charge is 0.369 e. The number of carbonyl (C=O) groups excluding carboxylic acids is 1. The summed E-state index contributed by atoms with van der Waals surface area (Å²) in [6.07, 6.45) is 1.46. The van der Waals surface area contributed by atoms with Crippen LogP contribution in [0.5, 0.6) is 0 Å². The van der Waals surface area contributed by atoms with Crippen molar-refractivity contribution in [2.75, 3.05) is 43.4 Å². The van der Waals surface area contributed by atoms with Gasteiger partial charge in [0.2, 0.25) is 5.91 Å². The Morgan fingerprint density at radius 2 is 1.97 bits per heavy atom. The van der Waals surface area contributed by atoms with Gasteiger partial charge in [0, 0.05) is 53.4 Å². The molecule has 4 aromatic rings. The highest BCUT2D eigenvalue weighted by molar-refractivity contribution is 7.18. The van der Waals surface area contributed by atoms with Gasteiger partial charge in [-0.3, -0.25) is 14.2 Å². The molecular weight excluding hydrogens is 454 g/mol. The summed E-state index contributed by atoms with van der Waals surface area (Å²) in [6, 6.07) is 9.93. The predicted molar refractivity (Wildman–Crippen MR) is 137 cm³/mol. The summed E-state index contributed by atoms with van der Waals surface area (Å²) >= 11 is 3.03. The minimum absolute atomic E-state index is 0.0826. The van der Waals surface area contributed by atoms with Crippen molar-refractivity contribution in [3.8, 4) is 10.4 Å². The number of piperazine rings is 1. The Kier molecular flexibility index (Phi) is 6.01. The van der Waals surface area contributed by atoms with E-state index in [1.807, 2.05) is 35.0 Å². The molecule has 1 N–H and O–H groups in total. The van der Waals surface area contributed by atoms with Crippen LogP contribution in [0.4, 0.5) is 11.4 Å². The second-order valence-corrected chi connectivity index (χ2v) is 10.1. The summed E-state index contributed by atoms with van der Waals surface area (Å²) < 4.78 is 1.38. The highest BCUT2D eigenvalue weighted by Crippen LogP contribution is 2.33. The molecule has 0 aliphatic carbocycles.